The highest BCUT2D eigenvalue weighted by Gasteiger charge is 2.21. The number of aromatic carboxylic acids is 1. The Labute approximate surface area is 135 Å². The minimum absolute atomic E-state index is 0.0378. The van der Waals surface area contributed by atoms with Crippen LogP contribution < -0.4 is 0 Å². The number of halogens is 1. The van der Waals surface area contributed by atoms with Gasteiger partial charge < -0.3 is 5.11 Å². The molecule has 0 saturated carbocycles. The summed E-state index contributed by atoms with van der Waals surface area (Å²) in [4.78, 5) is 12.1. The zero-order valence-electron chi connectivity index (χ0n) is 11.2. The molecule has 0 unspecified atom stereocenters. The molecule has 0 spiro atoms. The van der Waals surface area contributed by atoms with Gasteiger partial charge in [0.1, 0.15) is 0 Å². The van der Waals surface area contributed by atoms with Crippen LogP contribution >= 0.6 is 27.3 Å². The first-order valence-corrected chi connectivity index (χ1v) is 9.42. The smallest absolute Gasteiger partial charge is 0.335 e. The predicted octanol–water partition coefficient (Wildman–Crippen LogP) is 3.53. The number of aryl methyl sites for hydroxylation is 1. The van der Waals surface area contributed by atoms with Crippen molar-refractivity contribution in [2.75, 3.05) is 5.75 Å². The Balaban J connectivity index is 2.37. The van der Waals surface area contributed by atoms with E-state index in [1.54, 1.807) is 6.92 Å². The predicted molar refractivity (Wildman–Crippen MR) is 85.9 cm³/mol. The average Bonchev–Trinajstić information content (AvgIpc) is 2.92. The Morgan fingerprint density at radius 1 is 1.38 bits per heavy atom. The summed E-state index contributed by atoms with van der Waals surface area (Å²) in [6.07, 6.45) is 0.425. The fourth-order valence-electron chi connectivity index (χ4n) is 1.90. The summed E-state index contributed by atoms with van der Waals surface area (Å²) < 4.78 is 25.4. The molecule has 4 nitrogen and oxygen atoms in total. The maximum atomic E-state index is 12.5. The zero-order valence-corrected chi connectivity index (χ0v) is 14.4. The molecular weight excluding hydrogens is 376 g/mol. The Hall–Kier alpha value is -1.18. The highest BCUT2D eigenvalue weighted by Crippen LogP contribution is 2.27. The van der Waals surface area contributed by atoms with Crippen molar-refractivity contribution in [2.45, 2.75) is 18.2 Å². The maximum Gasteiger partial charge on any atom is 0.335 e. The van der Waals surface area contributed by atoms with Crippen molar-refractivity contribution in [2.24, 2.45) is 0 Å². The third kappa shape index (κ3) is 3.72. The standard InChI is InChI=1S/C14H13BrO4S2/c1-9-12(15)7-10(14(16)17)8-13(9)21(18,19)6-4-11-3-2-5-20-11/h2-3,5,7-8H,4,6H2,1H3,(H,16,17). The first-order valence-electron chi connectivity index (χ1n) is 6.10. The molecule has 0 radical (unpaired) electrons. The van der Waals surface area contributed by atoms with E-state index in [0.717, 1.165) is 4.88 Å². The molecule has 0 amide bonds. The SMILES string of the molecule is Cc1c(Br)cc(C(=O)O)cc1S(=O)(=O)CCc1cccs1. The van der Waals surface area contributed by atoms with Gasteiger partial charge in [-0.3, -0.25) is 0 Å². The number of benzene rings is 1. The van der Waals surface area contributed by atoms with Crippen LogP contribution in [0.1, 0.15) is 20.8 Å². The highest BCUT2D eigenvalue weighted by molar-refractivity contribution is 9.10. The van der Waals surface area contributed by atoms with E-state index in [1.165, 1.54) is 23.5 Å². The Morgan fingerprint density at radius 3 is 2.67 bits per heavy atom. The Morgan fingerprint density at radius 2 is 2.10 bits per heavy atom. The highest BCUT2D eigenvalue weighted by atomic mass is 79.9. The third-order valence-electron chi connectivity index (χ3n) is 3.08. The van der Waals surface area contributed by atoms with Crippen LogP contribution in [0.15, 0.2) is 39.0 Å². The molecule has 1 aromatic heterocycles. The lowest BCUT2D eigenvalue weighted by molar-refractivity contribution is 0.0696. The number of carboxylic acid groups (broad SMARTS) is 1. The molecule has 0 aliphatic carbocycles. The topological polar surface area (TPSA) is 71.4 Å². The Bertz CT molecular complexity index is 765. The van der Waals surface area contributed by atoms with Gasteiger partial charge in [0.25, 0.3) is 0 Å². The number of rotatable bonds is 5. The molecule has 0 fully saturated rings. The second-order valence-electron chi connectivity index (χ2n) is 4.53. The second-order valence-corrected chi connectivity index (χ2v) is 8.50. The van der Waals surface area contributed by atoms with Crippen LogP contribution in [0.4, 0.5) is 0 Å². The van der Waals surface area contributed by atoms with Gasteiger partial charge in [0.15, 0.2) is 9.84 Å². The van der Waals surface area contributed by atoms with Gasteiger partial charge in [-0.05, 0) is 42.5 Å². The van der Waals surface area contributed by atoms with Crippen molar-refractivity contribution < 1.29 is 18.3 Å². The molecule has 2 aromatic rings. The molecule has 0 aliphatic rings. The minimum atomic E-state index is -3.53. The molecule has 0 aliphatic heterocycles. The number of carbonyl (C=O) groups is 1. The number of thiophene rings is 1. The zero-order chi connectivity index (χ0) is 15.6. The van der Waals surface area contributed by atoms with Crippen LogP contribution in [-0.2, 0) is 16.3 Å². The van der Waals surface area contributed by atoms with Crippen molar-refractivity contribution in [1.82, 2.24) is 0 Å². The van der Waals surface area contributed by atoms with Gasteiger partial charge in [0.2, 0.25) is 0 Å². The molecule has 0 saturated heterocycles. The van der Waals surface area contributed by atoms with Crippen molar-refractivity contribution >= 4 is 43.1 Å². The summed E-state index contributed by atoms with van der Waals surface area (Å²) in [6.45, 7) is 1.66. The van der Waals surface area contributed by atoms with Crippen LogP contribution in [-0.4, -0.2) is 25.2 Å². The fourth-order valence-corrected chi connectivity index (χ4v) is 4.92. The van der Waals surface area contributed by atoms with E-state index in [-0.39, 0.29) is 16.2 Å². The van der Waals surface area contributed by atoms with Gasteiger partial charge in [0, 0.05) is 9.35 Å². The average molecular weight is 389 g/mol. The largest absolute Gasteiger partial charge is 0.478 e. The lowest BCUT2D eigenvalue weighted by Gasteiger charge is -2.10. The van der Waals surface area contributed by atoms with Crippen LogP contribution in [0.25, 0.3) is 0 Å². The molecule has 21 heavy (non-hydrogen) atoms. The molecule has 1 heterocycles. The number of carboxylic acids is 1. The number of sulfone groups is 1. The van der Waals surface area contributed by atoms with E-state index in [2.05, 4.69) is 15.9 Å². The molecule has 7 heteroatoms. The molecular formula is C14H13BrO4S2. The van der Waals surface area contributed by atoms with E-state index in [4.69, 9.17) is 5.11 Å². The quantitative estimate of drug-likeness (QED) is 0.849. The van der Waals surface area contributed by atoms with Crippen LogP contribution in [0.5, 0.6) is 0 Å². The Kier molecular flexibility index (Phi) is 4.85. The van der Waals surface area contributed by atoms with Crippen molar-refractivity contribution in [3.05, 3.63) is 50.1 Å². The molecule has 1 N–H and O–H groups in total. The van der Waals surface area contributed by atoms with Crippen LogP contribution in [0.3, 0.4) is 0 Å². The molecule has 1 aromatic carbocycles. The van der Waals surface area contributed by atoms with Gasteiger partial charge in [0.05, 0.1) is 16.2 Å². The summed E-state index contributed by atoms with van der Waals surface area (Å²) >= 11 is 4.73. The lowest BCUT2D eigenvalue weighted by Crippen LogP contribution is -2.12. The second kappa shape index (κ2) is 6.29. The summed E-state index contributed by atoms with van der Waals surface area (Å²) in [6, 6.07) is 6.40. The summed E-state index contributed by atoms with van der Waals surface area (Å²) in [7, 11) is -3.53. The van der Waals surface area contributed by atoms with Crippen LogP contribution in [0, 0.1) is 6.92 Å². The normalized spacial score (nSPS) is 11.5. The number of hydrogen-bond donors (Lipinski definition) is 1. The van der Waals surface area contributed by atoms with Crippen LogP contribution in [0.2, 0.25) is 0 Å². The number of hydrogen-bond acceptors (Lipinski definition) is 4. The first-order chi connectivity index (χ1) is 9.81. The first kappa shape index (κ1) is 16.2. The van der Waals surface area contributed by atoms with Gasteiger partial charge in [-0.2, -0.15) is 0 Å². The maximum absolute atomic E-state index is 12.5. The van der Waals surface area contributed by atoms with E-state index in [1.807, 2.05) is 17.5 Å². The summed E-state index contributed by atoms with van der Waals surface area (Å²) in [5.74, 6) is -1.19. The van der Waals surface area contributed by atoms with Gasteiger partial charge in [-0.1, -0.05) is 22.0 Å². The van der Waals surface area contributed by atoms with Crippen molar-refractivity contribution in [3.8, 4) is 0 Å². The molecule has 0 atom stereocenters. The van der Waals surface area contributed by atoms with Gasteiger partial charge >= 0.3 is 5.97 Å². The van der Waals surface area contributed by atoms with E-state index >= 15 is 0 Å². The third-order valence-corrected chi connectivity index (χ3v) is 6.67. The van der Waals surface area contributed by atoms with Crippen molar-refractivity contribution in [3.63, 3.8) is 0 Å². The fraction of sp³-hybridized carbons (Fsp3) is 0.214. The summed E-state index contributed by atoms with van der Waals surface area (Å²) in [5.41, 5.74) is 0.494. The minimum Gasteiger partial charge on any atom is -0.478 e. The molecule has 2 rings (SSSR count). The monoisotopic (exact) mass is 388 g/mol. The molecule has 112 valence electrons. The van der Waals surface area contributed by atoms with E-state index in [9.17, 15) is 13.2 Å². The molecule has 0 bridgehead atoms. The van der Waals surface area contributed by atoms with Gasteiger partial charge in [-0.25, -0.2) is 13.2 Å². The van der Waals surface area contributed by atoms with Gasteiger partial charge in [-0.15, -0.1) is 11.3 Å². The van der Waals surface area contributed by atoms with E-state index < -0.39 is 15.8 Å². The van der Waals surface area contributed by atoms with Crippen molar-refractivity contribution in [1.29, 1.82) is 0 Å². The summed E-state index contributed by atoms with van der Waals surface area (Å²) in [5, 5.41) is 11.0. The lowest BCUT2D eigenvalue weighted by atomic mass is 10.1. The van der Waals surface area contributed by atoms with E-state index in [0.29, 0.717) is 16.5 Å².